The van der Waals surface area contributed by atoms with E-state index in [0.29, 0.717) is 6.42 Å². The van der Waals surface area contributed by atoms with Gasteiger partial charge < -0.3 is 10.2 Å². The van der Waals surface area contributed by atoms with Gasteiger partial charge in [0.1, 0.15) is 0 Å². The largest absolute Gasteiger partial charge is 0.389 e. The Morgan fingerprint density at radius 2 is 2.00 bits per heavy atom. The summed E-state index contributed by atoms with van der Waals surface area (Å²) >= 11 is 0. The number of rotatable bonds is 1. The lowest BCUT2D eigenvalue weighted by Gasteiger charge is -2.62. The normalized spacial score (nSPS) is 51.9. The molecule has 3 nitrogen and oxygen atoms in total. The predicted molar refractivity (Wildman–Crippen MR) is 86.2 cm³/mol. The van der Waals surface area contributed by atoms with Crippen LogP contribution in [0, 0.1) is 22.7 Å². The van der Waals surface area contributed by atoms with E-state index in [1.54, 1.807) is 6.08 Å². The molecule has 3 heteroatoms. The van der Waals surface area contributed by atoms with Gasteiger partial charge in [-0.2, -0.15) is 0 Å². The van der Waals surface area contributed by atoms with Crippen LogP contribution in [-0.2, 0) is 4.79 Å². The van der Waals surface area contributed by atoms with E-state index in [1.807, 2.05) is 6.92 Å². The number of hydrogen-bond acceptors (Lipinski definition) is 3. The van der Waals surface area contributed by atoms with E-state index in [1.165, 1.54) is 0 Å². The van der Waals surface area contributed by atoms with E-state index >= 15 is 0 Å². The molecule has 0 amide bonds. The van der Waals surface area contributed by atoms with Crippen molar-refractivity contribution in [2.75, 3.05) is 0 Å². The summed E-state index contributed by atoms with van der Waals surface area (Å²) in [4.78, 5) is 12.8. The van der Waals surface area contributed by atoms with Crippen molar-refractivity contribution in [2.24, 2.45) is 22.7 Å². The SMILES string of the molecule is C=CC1(C)CCC2C3(C)CCCC(=C)C3CC(=O)C2(O)C1O. The molecule has 0 aliphatic heterocycles. The average Bonchev–Trinajstić information content (AvgIpc) is 2.47. The summed E-state index contributed by atoms with van der Waals surface area (Å²) in [6, 6.07) is 0. The standard InChI is InChI=1S/C19H28O3/c1-5-17(3)10-8-14-18(4)9-6-7-12(2)13(18)11-15(20)19(14,22)16(17)21/h5,13-14,16,21-22H,1-2,6-11H2,3-4H3. The molecule has 0 aromatic rings. The maximum Gasteiger partial charge on any atom is 0.167 e. The van der Waals surface area contributed by atoms with E-state index in [4.69, 9.17) is 0 Å². The van der Waals surface area contributed by atoms with Crippen molar-refractivity contribution in [1.82, 2.24) is 0 Å². The minimum absolute atomic E-state index is 0.137. The van der Waals surface area contributed by atoms with Gasteiger partial charge in [0, 0.05) is 17.8 Å². The summed E-state index contributed by atoms with van der Waals surface area (Å²) < 4.78 is 0. The number of fused-ring (bicyclic) bond motifs is 3. The summed E-state index contributed by atoms with van der Waals surface area (Å²) in [5.74, 6) is -0.242. The van der Waals surface area contributed by atoms with Crippen LogP contribution in [0.25, 0.3) is 0 Å². The highest BCUT2D eigenvalue weighted by Crippen LogP contribution is 2.62. The van der Waals surface area contributed by atoms with Crippen molar-refractivity contribution in [3.8, 4) is 0 Å². The number of allylic oxidation sites excluding steroid dienone is 1. The number of carbonyl (C=O) groups excluding carboxylic acids is 1. The maximum atomic E-state index is 12.8. The van der Waals surface area contributed by atoms with E-state index in [-0.39, 0.29) is 23.0 Å². The highest BCUT2D eigenvalue weighted by molar-refractivity contribution is 5.90. The van der Waals surface area contributed by atoms with Gasteiger partial charge in [0.15, 0.2) is 11.4 Å². The molecule has 0 radical (unpaired) electrons. The first-order valence-corrected chi connectivity index (χ1v) is 8.45. The Balaban J connectivity index is 2.08. The van der Waals surface area contributed by atoms with Gasteiger partial charge in [-0.3, -0.25) is 4.79 Å². The maximum absolute atomic E-state index is 12.8. The molecule has 2 N–H and O–H groups in total. The van der Waals surface area contributed by atoms with E-state index in [0.717, 1.165) is 37.7 Å². The Labute approximate surface area is 133 Å². The molecule has 3 aliphatic rings. The minimum Gasteiger partial charge on any atom is -0.389 e. The molecular formula is C19H28O3. The number of hydrogen-bond donors (Lipinski definition) is 2. The topological polar surface area (TPSA) is 57.5 Å². The van der Waals surface area contributed by atoms with Crippen LogP contribution in [0.4, 0.5) is 0 Å². The summed E-state index contributed by atoms with van der Waals surface area (Å²) in [7, 11) is 0. The molecule has 0 spiro atoms. The lowest BCUT2D eigenvalue weighted by molar-refractivity contribution is -0.223. The monoisotopic (exact) mass is 304 g/mol. The lowest BCUT2D eigenvalue weighted by atomic mass is 9.44. The van der Waals surface area contributed by atoms with Gasteiger partial charge in [-0.05, 0) is 43.4 Å². The van der Waals surface area contributed by atoms with Gasteiger partial charge in [-0.15, -0.1) is 6.58 Å². The predicted octanol–water partition coefficient (Wildman–Crippen LogP) is 3.02. The van der Waals surface area contributed by atoms with Crippen LogP contribution in [0.1, 0.15) is 52.4 Å². The number of ketones is 1. The van der Waals surface area contributed by atoms with Gasteiger partial charge in [0.25, 0.3) is 0 Å². The van der Waals surface area contributed by atoms with Crippen molar-refractivity contribution >= 4 is 5.78 Å². The molecule has 22 heavy (non-hydrogen) atoms. The van der Waals surface area contributed by atoms with Crippen LogP contribution in [0.2, 0.25) is 0 Å². The second kappa shape index (κ2) is 4.78. The molecule has 3 saturated carbocycles. The Hall–Kier alpha value is -0.930. The zero-order valence-electron chi connectivity index (χ0n) is 13.8. The molecule has 3 aliphatic carbocycles. The van der Waals surface area contributed by atoms with Crippen LogP contribution >= 0.6 is 0 Å². The van der Waals surface area contributed by atoms with Gasteiger partial charge in [0.05, 0.1) is 6.10 Å². The summed E-state index contributed by atoms with van der Waals surface area (Å²) in [5.41, 5.74) is -1.22. The second-order valence-electron chi connectivity index (χ2n) is 8.23. The smallest absolute Gasteiger partial charge is 0.167 e. The van der Waals surface area contributed by atoms with E-state index in [2.05, 4.69) is 20.1 Å². The Bertz CT molecular complexity index is 539. The first-order chi connectivity index (χ1) is 10.2. The highest BCUT2D eigenvalue weighted by atomic mass is 16.4. The molecule has 0 aromatic heterocycles. The van der Waals surface area contributed by atoms with Gasteiger partial charge in [-0.25, -0.2) is 0 Å². The number of Topliss-reactive ketones (excluding diaryl/α,β-unsaturated/α-hetero) is 1. The zero-order valence-corrected chi connectivity index (χ0v) is 13.8. The molecule has 3 rings (SSSR count). The molecule has 6 atom stereocenters. The third-order valence-electron chi connectivity index (χ3n) is 7.15. The Morgan fingerprint density at radius 1 is 1.32 bits per heavy atom. The molecule has 3 fully saturated rings. The van der Waals surface area contributed by atoms with Crippen LogP contribution in [0.3, 0.4) is 0 Å². The fourth-order valence-electron chi connectivity index (χ4n) is 5.55. The molecule has 122 valence electrons. The lowest BCUT2D eigenvalue weighted by Crippen LogP contribution is -2.70. The Kier molecular flexibility index (Phi) is 3.47. The third-order valence-corrected chi connectivity index (χ3v) is 7.15. The number of aliphatic hydroxyl groups is 2. The summed E-state index contributed by atoms with van der Waals surface area (Å²) in [5, 5.41) is 22.2. The van der Waals surface area contributed by atoms with Gasteiger partial charge in [-0.1, -0.05) is 32.1 Å². The van der Waals surface area contributed by atoms with Crippen LogP contribution in [0.5, 0.6) is 0 Å². The Morgan fingerprint density at radius 3 is 2.64 bits per heavy atom. The average molecular weight is 304 g/mol. The molecule has 0 aromatic carbocycles. The highest BCUT2D eigenvalue weighted by Gasteiger charge is 2.67. The molecular weight excluding hydrogens is 276 g/mol. The zero-order chi connectivity index (χ0) is 16.3. The van der Waals surface area contributed by atoms with Crippen molar-refractivity contribution in [1.29, 1.82) is 0 Å². The van der Waals surface area contributed by atoms with Crippen LogP contribution < -0.4 is 0 Å². The van der Waals surface area contributed by atoms with Crippen molar-refractivity contribution in [3.05, 3.63) is 24.8 Å². The molecule has 0 saturated heterocycles. The van der Waals surface area contributed by atoms with Crippen LogP contribution in [0.15, 0.2) is 24.8 Å². The molecule has 6 unspecified atom stereocenters. The van der Waals surface area contributed by atoms with Crippen molar-refractivity contribution in [2.45, 2.75) is 64.1 Å². The van der Waals surface area contributed by atoms with Crippen molar-refractivity contribution < 1.29 is 15.0 Å². The molecule has 0 heterocycles. The quantitative estimate of drug-likeness (QED) is 0.732. The minimum atomic E-state index is -1.63. The van der Waals surface area contributed by atoms with E-state index < -0.39 is 17.1 Å². The summed E-state index contributed by atoms with van der Waals surface area (Å²) in [6.45, 7) is 12.1. The second-order valence-corrected chi connectivity index (χ2v) is 8.23. The van der Waals surface area contributed by atoms with Gasteiger partial charge >= 0.3 is 0 Å². The van der Waals surface area contributed by atoms with Crippen molar-refractivity contribution in [3.63, 3.8) is 0 Å². The first-order valence-electron chi connectivity index (χ1n) is 8.45. The fraction of sp³-hybridized carbons (Fsp3) is 0.737. The van der Waals surface area contributed by atoms with Gasteiger partial charge in [0.2, 0.25) is 0 Å². The fourth-order valence-corrected chi connectivity index (χ4v) is 5.55. The third kappa shape index (κ3) is 1.78. The number of aliphatic hydroxyl groups excluding tert-OH is 1. The summed E-state index contributed by atoms with van der Waals surface area (Å²) in [6.07, 6.45) is 5.48. The van der Waals surface area contributed by atoms with Crippen LogP contribution in [-0.4, -0.2) is 27.7 Å². The first kappa shape index (κ1) is 15.9. The molecule has 0 bridgehead atoms. The van der Waals surface area contributed by atoms with E-state index in [9.17, 15) is 15.0 Å². The number of carbonyl (C=O) groups is 1.